The molecular weight excluding hydrogens is 471 g/mol. The average Bonchev–Trinajstić information content (AvgIpc) is 2.96. The second-order valence-corrected chi connectivity index (χ2v) is 10.5. The molecule has 4 heteroatoms. The van der Waals surface area contributed by atoms with Crippen LogP contribution < -0.4 is 4.74 Å². The van der Waals surface area contributed by atoms with E-state index in [1.54, 1.807) is 0 Å². The Hall–Kier alpha value is -2.75. The van der Waals surface area contributed by atoms with Crippen molar-refractivity contribution < 1.29 is 9.13 Å². The number of hydrogen-bond acceptors (Lipinski definition) is 3. The quantitative estimate of drug-likeness (QED) is 0.148. The standard InChI is InChI=1S/C34H47FN2O/c1-3-5-7-8-9-10-11-12-13-14-15-28-17-19-29(20-18-28)31-25-36-34(37-26-31)30-21-23-33(24-22-30)38-27-32(35)16-6-4-2/h17-26,32H,3-16,27H2,1-2H3. The van der Waals surface area contributed by atoms with E-state index in [2.05, 4.69) is 48.1 Å². The molecule has 0 spiro atoms. The highest BCUT2D eigenvalue weighted by atomic mass is 19.1. The summed E-state index contributed by atoms with van der Waals surface area (Å²) < 4.78 is 19.4. The van der Waals surface area contributed by atoms with E-state index < -0.39 is 6.17 Å². The van der Waals surface area contributed by atoms with Crippen molar-refractivity contribution in [1.29, 1.82) is 0 Å². The molecule has 0 saturated carbocycles. The summed E-state index contributed by atoms with van der Waals surface area (Å²) in [7, 11) is 0. The molecule has 0 aliphatic carbocycles. The Morgan fingerprint density at radius 2 is 1.18 bits per heavy atom. The molecule has 0 N–H and O–H groups in total. The number of alkyl halides is 1. The largest absolute Gasteiger partial charge is 0.491 e. The third-order valence-corrected chi connectivity index (χ3v) is 7.17. The summed E-state index contributed by atoms with van der Waals surface area (Å²) in [4.78, 5) is 9.16. The maximum Gasteiger partial charge on any atom is 0.159 e. The van der Waals surface area contributed by atoms with Crippen LogP contribution >= 0.6 is 0 Å². The minimum atomic E-state index is -0.917. The first-order valence-electron chi connectivity index (χ1n) is 15.0. The normalized spacial score (nSPS) is 12.0. The van der Waals surface area contributed by atoms with Gasteiger partial charge in [-0.25, -0.2) is 14.4 Å². The van der Waals surface area contributed by atoms with Gasteiger partial charge in [-0.1, -0.05) is 109 Å². The molecule has 0 aliphatic rings. The van der Waals surface area contributed by atoms with E-state index in [1.165, 1.54) is 69.8 Å². The van der Waals surface area contributed by atoms with Gasteiger partial charge in [0.25, 0.3) is 0 Å². The Bertz CT molecular complexity index is 1000. The van der Waals surface area contributed by atoms with E-state index in [1.807, 2.05) is 36.7 Å². The number of ether oxygens (including phenoxy) is 1. The van der Waals surface area contributed by atoms with Crippen molar-refractivity contribution >= 4 is 0 Å². The van der Waals surface area contributed by atoms with Gasteiger partial charge in [0.05, 0.1) is 0 Å². The predicted octanol–water partition coefficient (Wildman–Crippen LogP) is 10.2. The zero-order valence-corrected chi connectivity index (χ0v) is 23.6. The summed E-state index contributed by atoms with van der Waals surface area (Å²) in [5.41, 5.74) is 4.47. The Kier molecular flexibility index (Phi) is 13.9. The molecule has 0 aliphatic heterocycles. The maximum atomic E-state index is 13.8. The first-order valence-corrected chi connectivity index (χ1v) is 15.0. The van der Waals surface area contributed by atoms with E-state index in [4.69, 9.17) is 4.74 Å². The van der Waals surface area contributed by atoms with Crippen LogP contribution in [0.25, 0.3) is 22.5 Å². The van der Waals surface area contributed by atoms with Gasteiger partial charge in [0, 0.05) is 23.5 Å². The average molecular weight is 519 g/mol. The van der Waals surface area contributed by atoms with Crippen molar-refractivity contribution in [2.24, 2.45) is 0 Å². The van der Waals surface area contributed by atoms with Crippen LogP contribution in [0.2, 0.25) is 0 Å². The molecule has 0 radical (unpaired) electrons. The van der Waals surface area contributed by atoms with E-state index in [-0.39, 0.29) is 6.61 Å². The van der Waals surface area contributed by atoms with Gasteiger partial charge in [-0.3, -0.25) is 0 Å². The van der Waals surface area contributed by atoms with Crippen LogP contribution in [0.3, 0.4) is 0 Å². The fourth-order valence-corrected chi connectivity index (χ4v) is 4.70. The van der Waals surface area contributed by atoms with Gasteiger partial charge in [-0.05, 0) is 54.7 Å². The lowest BCUT2D eigenvalue weighted by Crippen LogP contribution is -2.12. The number of hydrogen-bond donors (Lipinski definition) is 0. The molecule has 3 aromatic rings. The van der Waals surface area contributed by atoms with Crippen LogP contribution in [0.4, 0.5) is 4.39 Å². The fourth-order valence-electron chi connectivity index (χ4n) is 4.70. The van der Waals surface area contributed by atoms with Crippen LogP contribution in [0.15, 0.2) is 60.9 Å². The van der Waals surface area contributed by atoms with E-state index in [0.29, 0.717) is 18.0 Å². The second kappa shape index (κ2) is 17.7. The number of benzene rings is 2. The minimum Gasteiger partial charge on any atom is -0.491 e. The number of aromatic nitrogens is 2. The lowest BCUT2D eigenvalue weighted by molar-refractivity contribution is 0.184. The highest BCUT2D eigenvalue weighted by Crippen LogP contribution is 2.23. The van der Waals surface area contributed by atoms with Gasteiger partial charge in [0.1, 0.15) is 18.5 Å². The lowest BCUT2D eigenvalue weighted by atomic mass is 10.0. The van der Waals surface area contributed by atoms with Gasteiger partial charge in [0.15, 0.2) is 5.82 Å². The van der Waals surface area contributed by atoms with Crippen molar-refractivity contribution in [1.82, 2.24) is 9.97 Å². The summed E-state index contributed by atoms with van der Waals surface area (Å²) in [6, 6.07) is 16.4. The van der Waals surface area contributed by atoms with Crippen LogP contribution in [-0.4, -0.2) is 22.7 Å². The summed E-state index contributed by atoms with van der Waals surface area (Å²) in [5, 5.41) is 0. The predicted molar refractivity (Wildman–Crippen MR) is 158 cm³/mol. The molecule has 38 heavy (non-hydrogen) atoms. The van der Waals surface area contributed by atoms with Crippen molar-refractivity contribution in [3.8, 4) is 28.3 Å². The molecule has 0 saturated heterocycles. The first kappa shape index (κ1) is 29.8. The highest BCUT2D eigenvalue weighted by molar-refractivity contribution is 5.64. The van der Waals surface area contributed by atoms with Gasteiger partial charge >= 0.3 is 0 Å². The molecule has 206 valence electrons. The van der Waals surface area contributed by atoms with E-state index in [9.17, 15) is 4.39 Å². The third kappa shape index (κ3) is 10.9. The Balaban J connectivity index is 1.39. The van der Waals surface area contributed by atoms with Gasteiger partial charge in [-0.2, -0.15) is 0 Å². The van der Waals surface area contributed by atoms with Gasteiger partial charge in [-0.15, -0.1) is 0 Å². The van der Waals surface area contributed by atoms with Crippen molar-refractivity contribution in [3.63, 3.8) is 0 Å². The van der Waals surface area contributed by atoms with Crippen molar-refractivity contribution in [2.75, 3.05) is 6.61 Å². The van der Waals surface area contributed by atoms with Crippen LogP contribution in [0.5, 0.6) is 5.75 Å². The summed E-state index contributed by atoms with van der Waals surface area (Å²) in [5.74, 6) is 1.34. The molecule has 0 fully saturated rings. The van der Waals surface area contributed by atoms with Crippen molar-refractivity contribution in [3.05, 3.63) is 66.5 Å². The summed E-state index contributed by atoms with van der Waals surface area (Å²) >= 11 is 0. The Labute approximate surface area is 230 Å². The van der Waals surface area contributed by atoms with Gasteiger partial charge < -0.3 is 4.74 Å². The number of aryl methyl sites for hydroxylation is 1. The van der Waals surface area contributed by atoms with Crippen LogP contribution in [0, 0.1) is 0 Å². The highest BCUT2D eigenvalue weighted by Gasteiger charge is 2.08. The second-order valence-electron chi connectivity index (χ2n) is 10.5. The monoisotopic (exact) mass is 518 g/mol. The summed E-state index contributed by atoms with van der Waals surface area (Å²) in [6.45, 7) is 4.44. The summed E-state index contributed by atoms with van der Waals surface area (Å²) in [6.07, 6.45) is 20.1. The minimum absolute atomic E-state index is 0.0998. The molecule has 0 bridgehead atoms. The smallest absolute Gasteiger partial charge is 0.159 e. The number of halogens is 1. The van der Waals surface area contributed by atoms with Crippen LogP contribution in [-0.2, 0) is 6.42 Å². The maximum absolute atomic E-state index is 13.8. The molecule has 3 nitrogen and oxygen atoms in total. The van der Waals surface area contributed by atoms with Crippen molar-refractivity contribution in [2.45, 2.75) is 110 Å². The number of nitrogens with zero attached hydrogens (tertiary/aromatic N) is 2. The molecule has 1 atom stereocenters. The zero-order valence-electron chi connectivity index (χ0n) is 23.6. The fraction of sp³-hybridized carbons (Fsp3) is 0.529. The third-order valence-electron chi connectivity index (χ3n) is 7.17. The lowest BCUT2D eigenvalue weighted by Gasteiger charge is -2.10. The molecule has 1 aromatic heterocycles. The molecule has 1 unspecified atom stereocenters. The SMILES string of the molecule is CCCCCCCCCCCCc1ccc(-c2cnc(-c3ccc(OCC(F)CCCC)cc3)nc2)cc1. The molecule has 1 heterocycles. The van der Waals surface area contributed by atoms with E-state index >= 15 is 0 Å². The zero-order chi connectivity index (χ0) is 26.8. The Morgan fingerprint density at radius 1 is 0.632 bits per heavy atom. The molecule has 3 rings (SSSR count). The number of rotatable bonds is 19. The van der Waals surface area contributed by atoms with Gasteiger partial charge in [0.2, 0.25) is 0 Å². The van der Waals surface area contributed by atoms with E-state index in [0.717, 1.165) is 36.0 Å². The molecular formula is C34H47FN2O. The Morgan fingerprint density at radius 3 is 1.79 bits per heavy atom. The molecule has 0 amide bonds. The van der Waals surface area contributed by atoms with Crippen LogP contribution in [0.1, 0.15) is 103 Å². The topological polar surface area (TPSA) is 35.0 Å². The number of unbranched alkanes of at least 4 members (excludes halogenated alkanes) is 10. The first-order chi connectivity index (χ1) is 18.7. The molecule has 2 aromatic carbocycles.